The van der Waals surface area contributed by atoms with Gasteiger partial charge in [-0.1, -0.05) is 0 Å². The van der Waals surface area contributed by atoms with Gasteiger partial charge in [0.25, 0.3) is 0 Å². The van der Waals surface area contributed by atoms with Gasteiger partial charge in [-0.2, -0.15) is 0 Å². The third-order valence-electron chi connectivity index (χ3n) is 2.20. The summed E-state index contributed by atoms with van der Waals surface area (Å²) in [6.45, 7) is 2.80. The minimum absolute atomic E-state index is 0.0642. The van der Waals surface area contributed by atoms with Crippen LogP contribution in [-0.2, 0) is 14.3 Å². The minimum Gasteiger partial charge on any atom is -0.469 e. The molecule has 1 aliphatic heterocycles. The van der Waals surface area contributed by atoms with E-state index in [9.17, 15) is 9.59 Å². The molecule has 5 nitrogen and oxygen atoms in total. The van der Waals surface area contributed by atoms with Crippen LogP contribution in [0.5, 0.6) is 0 Å². The number of carbonyl (C=O) groups is 2. The molecule has 14 heavy (non-hydrogen) atoms. The van der Waals surface area contributed by atoms with Crippen molar-refractivity contribution in [1.29, 1.82) is 0 Å². The monoisotopic (exact) mass is 200 g/mol. The third kappa shape index (κ3) is 3.74. The summed E-state index contributed by atoms with van der Waals surface area (Å²) < 4.78 is 4.52. The normalized spacial score (nSPS) is 17.6. The highest BCUT2D eigenvalue weighted by Gasteiger charge is 2.15. The molecule has 1 heterocycles. The fourth-order valence-corrected chi connectivity index (χ4v) is 1.43. The van der Waals surface area contributed by atoms with Crippen molar-refractivity contribution in [2.24, 2.45) is 0 Å². The lowest BCUT2D eigenvalue weighted by Crippen LogP contribution is -2.47. The number of nitrogens with one attached hydrogen (secondary N) is 1. The summed E-state index contributed by atoms with van der Waals surface area (Å²) >= 11 is 0. The van der Waals surface area contributed by atoms with Crippen LogP contribution in [-0.4, -0.2) is 50.1 Å². The highest BCUT2D eigenvalue weighted by atomic mass is 16.5. The Morgan fingerprint density at radius 2 is 2.43 bits per heavy atom. The molecular formula is C9H16N2O3. The van der Waals surface area contributed by atoms with Crippen molar-refractivity contribution in [3.8, 4) is 0 Å². The Morgan fingerprint density at radius 3 is 3.07 bits per heavy atom. The zero-order valence-electron chi connectivity index (χ0n) is 8.41. The molecule has 0 aromatic rings. The van der Waals surface area contributed by atoms with Crippen LogP contribution >= 0.6 is 0 Å². The maximum absolute atomic E-state index is 11.0. The van der Waals surface area contributed by atoms with E-state index in [4.69, 9.17) is 0 Å². The van der Waals surface area contributed by atoms with Crippen LogP contribution in [0.4, 0.5) is 0 Å². The third-order valence-corrected chi connectivity index (χ3v) is 2.20. The lowest BCUT2D eigenvalue weighted by molar-refractivity contribution is -0.140. The summed E-state index contributed by atoms with van der Waals surface area (Å²) in [7, 11) is 1.39. The number of methoxy groups -OCH3 is 1. The van der Waals surface area contributed by atoms with Crippen molar-refractivity contribution < 1.29 is 14.3 Å². The molecule has 0 atom stereocenters. The van der Waals surface area contributed by atoms with Gasteiger partial charge in [0.1, 0.15) is 0 Å². The van der Waals surface area contributed by atoms with Crippen LogP contribution in [0, 0.1) is 0 Å². The second-order valence-electron chi connectivity index (χ2n) is 3.31. The van der Waals surface area contributed by atoms with Gasteiger partial charge in [0.2, 0.25) is 5.91 Å². The molecule has 0 bridgehead atoms. The number of ether oxygens (including phenoxy) is 1. The van der Waals surface area contributed by atoms with Crippen LogP contribution in [0.1, 0.15) is 12.8 Å². The molecule has 1 saturated heterocycles. The molecule has 0 unspecified atom stereocenters. The molecule has 1 rings (SSSR count). The quantitative estimate of drug-likeness (QED) is 0.614. The topological polar surface area (TPSA) is 58.6 Å². The van der Waals surface area contributed by atoms with Crippen LogP contribution in [0.15, 0.2) is 0 Å². The van der Waals surface area contributed by atoms with Crippen molar-refractivity contribution >= 4 is 11.9 Å². The van der Waals surface area contributed by atoms with Crippen molar-refractivity contribution in [3.63, 3.8) is 0 Å². The summed E-state index contributed by atoms with van der Waals surface area (Å²) in [5, 5.41) is 2.75. The first-order valence-corrected chi connectivity index (χ1v) is 4.78. The molecule has 0 aromatic carbocycles. The van der Waals surface area contributed by atoms with Gasteiger partial charge in [0.05, 0.1) is 13.7 Å². The maximum Gasteiger partial charge on any atom is 0.305 e. The Morgan fingerprint density at radius 1 is 1.64 bits per heavy atom. The van der Waals surface area contributed by atoms with Gasteiger partial charge in [-0.25, -0.2) is 0 Å². The first-order chi connectivity index (χ1) is 6.72. The lowest BCUT2D eigenvalue weighted by atomic mass is 10.2. The van der Waals surface area contributed by atoms with Crippen LogP contribution in [0.2, 0.25) is 0 Å². The van der Waals surface area contributed by atoms with Crippen LogP contribution in [0.25, 0.3) is 0 Å². The van der Waals surface area contributed by atoms with Gasteiger partial charge < -0.3 is 10.1 Å². The smallest absolute Gasteiger partial charge is 0.305 e. The van der Waals surface area contributed by atoms with E-state index >= 15 is 0 Å². The van der Waals surface area contributed by atoms with E-state index < -0.39 is 0 Å². The zero-order chi connectivity index (χ0) is 10.4. The molecular weight excluding hydrogens is 184 g/mol. The summed E-state index contributed by atoms with van der Waals surface area (Å²) in [5.41, 5.74) is 0. The van der Waals surface area contributed by atoms with Gasteiger partial charge in [0.15, 0.2) is 0 Å². The molecule has 0 aromatic heterocycles. The van der Waals surface area contributed by atoms with E-state index in [0.29, 0.717) is 19.5 Å². The van der Waals surface area contributed by atoms with Crippen molar-refractivity contribution in [2.45, 2.75) is 12.8 Å². The molecule has 1 fully saturated rings. The first-order valence-electron chi connectivity index (χ1n) is 4.78. The van der Waals surface area contributed by atoms with Crippen LogP contribution < -0.4 is 5.32 Å². The summed E-state index contributed by atoms with van der Waals surface area (Å²) in [5.74, 6) is -0.124. The zero-order valence-corrected chi connectivity index (χ0v) is 8.41. The van der Waals surface area contributed by atoms with Gasteiger partial charge in [-0.05, 0) is 13.0 Å². The number of piperazine rings is 1. The molecule has 0 radical (unpaired) electrons. The molecule has 1 aliphatic rings. The molecule has 5 heteroatoms. The fraction of sp³-hybridized carbons (Fsp3) is 0.778. The Labute approximate surface area is 83.4 Å². The second-order valence-corrected chi connectivity index (χ2v) is 3.31. The number of amides is 1. The second kappa shape index (κ2) is 5.59. The molecule has 0 aliphatic carbocycles. The van der Waals surface area contributed by atoms with E-state index in [-0.39, 0.29) is 11.9 Å². The van der Waals surface area contributed by atoms with Gasteiger partial charge >= 0.3 is 5.97 Å². The number of hydrogen-bond donors (Lipinski definition) is 1. The average Bonchev–Trinajstić information content (AvgIpc) is 2.17. The standard InChI is InChI=1S/C9H16N2O3/c1-14-9(13)3-2-5-11-6-4-10-8(12)7-11/h2-7H2,1H3,(H,10,12). The van der Waals surface area contributed by atoms with E-state index in [0.717, 1.165) is 19.5 Å². The maximum atomic E-state index is 11.0. The van der Waals surface area contributed by atoms with Gasteiger partial charge in [-0.3, -0.25) is 14.5 Å². The Kier molecular flexibility index (Phi) is 4.39. The van der Waals surface area contributed by atoms with E-state index in [1.54, 1.807) is 0 Å². The Balaban J connectivity index is 2.11. The SMILES string of the molecule is COC(=O)CCCN1CCNC(=O)C1. The summed E-state index contributed by atoms with van der Waals surface area (Å²) in [6, 6.07) is 0. The number of rotatable bonds is 4. The van der Waals surface area contributed by atoms with Gasteiger partial charge in [-0.15, -0.1) is 0 Å². The molecule has 0 spiro atoms. The van der Waals surface area contributed by atoms with Crippen LogP contribution in [0.3, 0.4) is 0 Å². The van der Waals surface area contributed by atoms with E-state index in [1.807, 2.05) is 4.90 Å². The molecule has 1 N–H and O–H groups in total. The Bertz CT molecular complexity index is 218. The molecule has 80 valence electrons. The van der Waals surface area contributed by atoms with Crippen molar-refractivity contribution in [1.82, 2.24) is 10.2 Å². The van der Waals surface area contributed by atoms with Crippen molar-refractivity contribution in [2.75, 3.05) is 33.3 Å². The summed E-state index contributed by atoms with van der Waals surface area (Å²) in [4.78, 5) is 23.8. The van der Waals surface area contributed by atoms with Gasteiger partial charge in [0, 0.05) is 19.5 Å². The Hall–Kier alpha value is -1.10. The largest absolute Gasteiger partial charge is 0.469 e. The number of esters is 1. The van der Waals surface area contributed by atoms with Crippen molar-refractivity contribution in [3.05, 3.63) is 0 Å². The van der Waals surface area contributed by atoms with E-state index in [2.05, 4.69) is 10.1 Å². The molecule has 1 amide bonds. The summed E-state index contributed by atoms with van der Waals surface area (Å²) in [6.07, 6.45) is 1.18. The number of hydrogen-bond acceptors (Lipinski definition) is 4. The highest BCUT2D eigenvalue weighted by molar-refractivity contribution is 5.78. The minimum atomic E-state index is -0.188. The average molecular weight is 200 g/mol. The first kappa shape index (κ1) is 11.0. The predicted molar refractivity (Wildman–Crippen MR) is 50.7 cm³/mol. The number of carbonyl (C=O) groups excluding carboxylic acids is 2. The fourth-order valence-electron chi connectivity index (χ4n) is 1.43. The number of nitrogens with zero attached hydrogens (tertiary/aromatic N) is 1. The highest BCUT2D eigenvalue weighted by Crippen LogP contribution is 1.98. The predicted octanol–water partition coefficient (Wildman–Crippen LogP) is -0.629. The van der Waals surface area contributed by atoms with E-state index in [1.165, 1.54) is 7.11 Å². The lowest BCUT2D eigenvalue weighted by Gasteiger charge is -2.26. The molecule has 0 saturated carbocycles.